The summed E-state index contributed by atoms with van der Waals surface area (Å²) in [5.74, 6) is 0.686. The van der Waals surface area contributed by atoms with Crippen molar-refractivity contribution in [3.8, 4) is 0 Å². The van der Waals surface area contributed by atoms with Crippen LogP contribution in [-0.2, 0) is 21.2 Å². The minimum Gasteiger partial charge on any atom is -0.380 e. The molecule has 0 amide bonds. The highest BCUT2D eigenvalue weighted by atomic mass is 32.2. The van der Waals surface area contributed by atoms with Crippen LogP contribution in [0, 0.1) is 0 Å². The number of hydrogen-bond acceptors (Lipinski definition) is 4. The van der Waals surface area contributed by atoms with Crippen molar-refractivity contribution in [3.05, 3.63) is 23.7 Å². The van der Waals surface area contributed by atoms with Crippen LogP contribution in [0.15, 0.2) is 22.9 Å². The number of sulfonamides is 1. The first-order valence-electron chi connectivity index (χ1n) is 6.28. The van der Waals surface area contributed by atoms with E-state index in [0.29, 0.717) is 38.4 Å². The first-order valence-corrected chi connectivity index (χ1v) is 7.72. The molecule has 0 aliphatic carbocycles. The quantitative estimate of drug-likeness (QED) is 0.817. The third-order valence-corrected chi connectivity index (χ3v) is 4.93. The number of aromatic amines is 1. The first-order chi connectivity index (χ1) is 9.07. The van der Waals surface area contributed by atoms with Gasteiger partial charge in [0.25, 0.3) is 10.0 Å². The smallest absolute Gasteiger partial charge is 0.260 e. The maximum atomic E-state index is 12.4. The van der Waals surface area contributed by atoms with Gasteiger partial charge in [-0.1, -0.05) is 13.0 Å². The molecule has 2 heterocycles. The van der Waals surface area contributed by atoms with Gasteiger partial charge in [-0.3, -0.25) is 0 Å². The van der Waals surface area contributed by atoms with Crippen molar-refractivity contribution in [2.24, 2.45) is 0 Å². The number of H-pyrrole nitrogens is 1. The van der Waals surface area contributed by atoms with Gasteiger partial charge >= 0.3 is 0 Å². The van der Waals surface area contributed by atoms with Gasteiger partial charge in [-0.25, -0.2) is 13.4 Å². The summed E-state index contributed by atoms with van der Waals surface area (Å²) in [6, 6.07) is 0. The van der Waals surface area contributed by atoms with E-state index in [0.717, 1.165) is 5.57 Å². The third-order valence-electron chi connectivity index (χ3n) is 3.15. The lowest BCUT2D eigenvalue weighted by Crippen LogP contribution is -2.35. The molecule has 0 spiro atoms. The number of imidazole rings is 1. The van der Waals surface area contributed by atoms with Crippen molar-refractivity contribution in [2.75, 3.05) is 26.8 Å². The summed E-state index contributed by atoms with van der Waals surface area (Å²) >= 11 is 0. The number of methoxy groups -OCH3 is 1. The van der Waals surface area contributed by atoms with Crippen LogP contribution in [0.5, 0.6) is 0 Å². The Morgan fingerprint density at radius 1 is 1.53 bits per heavy atom. The van der Waals surface area contributed by atoms with Crippen LogP contribution in [0.4, 0.5) is 0 Å². The molecule has 1 aliphatic rings. The van der Waals surface area contributed by atoms with Gasteiger partial charge in [0.15, 0.2) is 5.03 Å². The van der Waals surface area contributed by atoms with E-state index in [2.05, 4.69) is 9.97 Å². The fourth-order valence-corrected chi connectivity index (χ4v) is 3.33. The Morgan fingerprint density at radius 2 is 2.32 bits per heavy atom. The van der Waals surface area contributed by atoms with Crippen molar-refractivity contribution in [2.45, 2.75) is 24.8 Å². The second-order valence-electron chi connectivity index (χ2n) is 4.46. The Labute approximate surface area is 113 Å². The molecule has 2 rings (SSSR count). The Balaban J connectivity index is 2.13. The molecule has 106 valence electrons. The third kappa shape index (κ3) is 3.05. The Morgan fingerprint density at radius 3 is 2.84 bits per heavy atom. The molecule has 1 aromatic heterocycles. The SMILES string of the molecule is CCc1ncc(S(=O)(=O)N2CC=C(COC)CC2)[nH]1. The first kappa shape index (κ1) is 14.2. The summed E-state index contributed by atoms with van der Waals surface area (Å²) in [6.07, 6.45) is 4.71. The minimum atomic E-state index is -3.46. The van der Waals surface area contributed by atoms with Gasteiger partial charge in [-0.05, 0) is 12.0 Å². The average molecular weight is 285 g/mol. The zero-order valence-electron chi connectivity index (χ0n) is 11.2. The summed E-state index contributed by atoms with van der Waals surface area (Å²) < 4.78 is 31.3. The van der Waals surface area contributed by atoms with Crippen molar-refractivity contribution < 1.29 is 13.2 Å². The Bertz CT molecular complexity index is 563. The molecule has 0 unspecified atom stereocenters. The lowest BCUT2D eigenvalue weighted by atomic mass is 10.1. The van der Waals surface area contributed by atoms with Crippen molar-refractivity contribution in [1.29, 1.82) is 0 Å². The van der Waals surface area contributed by atoms with Crippen LogP contribution < -0.4 is 0 Å². The van der Waals surface area contributed by atoms with Crippen molar-refractivity contribution >= 4 is 10.0 Å². The van der Waals surface area contributed by atoms with Crippen molar-refractivity contribution in [1.82, 2.24) is 14.3 Å². The number of aromatic nitrogens is 2. The molecule has 0 bridgehead atoms. The fraction of sp³-hybridized carbons (Fsp3) is 0.583. The molecule has 0 aromatic carbocycles. The van der Waals surface area contributed by atoms with Crippen LogP contribution in [0.25, 0.3) is 0 Å². The second-order valence-corrected chi connectivity index (χ2v) is 6.36. The zero-order chi connectivity index (χ0) is 13.9. The highest BCUT2D eigenvalue weighted by molar-refractivity contribution is 7.89. The van der Waals surface area contributed by atoms with E-state index in [4.69, 9.17) is 4.74 Å². The minimum absolute atomic E-state index is 0.174. The maximum absolute atomic E-state index is 12.4. The molecule has 1 aromatic rings. The largest absolute Gasteiger partial charge is 0.380 e. The molecule has 1 aliphatic heterocycles. The van der Waals surface area contributed by atoms with Crippen LogP contribution in [0.2, 0.25) is 0 Å². The number of rotatable bonds is 5. The molecule has 0 fully saturated rings. The monoisotopic (exact) mass is 285 g/mol. The van der Waals surface area contributed by atoms with E-state index in [9.17, 15) is 8.42 Å². The summed E-state index contributed by atoms with van der Waals surface area (Å²) in [5.41, 5.74) is 1.15. The molecule has 0 atom stereocenters. The predicted molar refractivity (Wildman–Crippen MR) is 71.3 cm³/mol. The summed E-state index contributed by atoms with van der Waals surface area (Å²) in [7, 11) is -1.82. The van der Waals surface area contributed by atoms with Gasteiger partial charge in [0, 0.05) is 26.6 Å². The second kappa shape index (κ2) is 5.85. The predicted octanol–water partition coefficient (Wildman–Crippen LogP) is 0.939. The normalized spacial score (nSPS) is 17.5. The van der Waals surface area contributed by atoms with E-state index in [1.165, 1.54) is 10.5 Å². The molecular formula is C12H19N3O3S. The van der Waals surface area contributed by atoms with Gasteiger partial charge in [-0.15, -0.1) is 0 Å². The van der Waals surface area contributed by atoms with Gasteiger partial charge in [0.1, 0.15) is 5.82 Å². The number of hydrogen-bond donors (Lipinski definition) is 1. The summed E-state index contributed by atoms with van der Waals surface area (Å²) in [5, 5.41) is 0.174. The van der Waals surface area contributed by atoms with E-state index >= 15 is 0 Å². The van der Waals surface area contributed by atoms with Gasteiger partial charge < -0.3 is 9.72 Å². The van der Waals surface area contributed by atoms with Crippen LogP contribution in [0.3, 0.4) is 0 Å². The number of ether oxygens (including phenoxy) is 1. The lowest BCUT2D eigenvalue weighted by molar-refractivity contribution is 0.219. The standard InChI is InChI=1S/C12H19N3O3S/c1-3-11-13-8-12(14-11)19(16,17)15-6-4-10(5-7-15)9-18-2/h4,8H,3,5-7,9H2,1-2H3,(H,13,14). The number of nitrogens with zero attached hydrogens (tertiary/aromatic N) is 2. The number of nitrogens with one attached hydrogen (secondary N) is 1. The summed E-state index contributed by atoms with van der Waals surface area (Å²) in [6.45, 7) is 3.37. The van der Waals surface area contributed by atoms with Crippen LogP contribution in [0.1, 0.15) is 19.2 Å². The van der Waals surface area contributed by atoms with E-state index in [-0.39, 0.29) is 5.03 Å². The van der Waals surface area contributed by atoms with Gasteiger partial charge in [-0.2, -0.15) is 4.31 Å². The average Bonchev–Trinajstić information content (AvgIpc) is 2.89. The van der Waals surface area contributed by atoms with Gasteiger partial charge in [0.2, 0.25) is 0 Å². The fourth-order valence-electron chi connectivity index (χ4n) is 2.02. The van der Waals surface area contributed by atoms with Crippen molar-refractivity contribution in [3.63, 3.8) is 0 Å². The van der Waals surface area contributed by atoms with Gasteiger partial charge in [0.05, 0.1) is 12.8 Å². The summed E-state index contributed by atoms with van der Waals surface area (Å²) in [4.78, 5) is 6.89. The molecular weight excluding hydrogens is 266 g/mol. The molecule has 19 heavy (non-hydrogen) atoms. The maximum Gasteiger partial charge on any atom is 0.260 e. The molecule has 0 saturated heterocycles. The molecule has 1 N–H and O–H groups in total. The van der Waals surface area contributed by atoms with E-state index in [1.807, 2.05) is 13.0 Å². The van der Waals surface area contributed by atoms with E-state index in [1.54, 1.807) is 7.11 Å². The Hall–Kier alpha value is -1.18. The molecule has 7 heteroatoms. The molecule has 6 nitrogen and oxygen atoms in total. The highest BCUT2D eigenvalue weighted by Crippen LogP contribution is 2.19. The topological polar surface area (TPSA) is 75.3 Å². The van der Waals surface area contributed by atoms with Crippen LogP contribution >= 0.6 is 0 Å². The molecule has 0 radical (unpaired) electrons. The zero-order valence-corrected chi connectivity index (χ0v) is 12.0. The lowest BCUT2D eigenvalue weighted by Gasteiger charge is -2.24. The Kier molecular flexibility index (Phi) is 4.38. The van der Waals surface area contributed by atoms with E-state index < -0.39 is 10.0 Å². The highest BCUT2D eigenvalue weighted by Gasteiger charge is 2.27. The van der Waals surface area contributed by atoms with Crippen LogP contribution in [-0.4, -0.2) is 49.5 Å². The number of aryl methyl sites for hydroxylation is 1. The molecule has 0 saturated carbocycles.